The van der Waals surface area contributed by atoms with Crippen LogP contribution in [0.1, 0.15) is 32.2 Å². The molecule has 0 aliphatic rings. The highest BCUT2D eigenvalue weighted by Gasteiger charge is 2.22. The molecule has 1 unspecified atom stereocenters. The Morgan fingerprint density at radius 1 is 1.26 bits per heavy atom. The predicted molar refractivity (Wildman–Crippen MR) is 80.5 cm³/mol. The Morgan fingerprint density at radius 3 is 2.53 bits per heavy atom. The molecule has 2 rings (SSSR count). The molecular weight excluding hydrogens is 256 g/mol. The Bertz CT molecular complexity index is 531. The fourth-order valence-electron chi connectivity index (χ4n) is 1.71. The van der Waals surface area contributed by atoms with Crippen LogP contribution in [0.25, 0.3) is 11.3 Å². The summed E-state index contributed by atoms with van der Waals surface area (Å²) in [5, 5.41) is 3.05. The van der Waals surface area contributed by atoms with Crippen LogP contribution in [0.2, 0.25) is 0 Å². The number of thiazole rings is 1. The fourth-order valence-corrected chi connectivity index (χ4v) is 2.69. The summed E-state index contributed by atoms with van der Waals surface area (Å²) in [4.78, 5) is 4.65. The molecule has 0 spiro atoms. The average molecular weight is 276 g/mol. The van der Waals surface area contributed by atoms with E-state index in [1.54, 1.807) is 11.3 Å². The minimum absolute atomic E-state index is 0.339. The Kier molecular flexibility index (Phi) is 4.22. The van der Waals surface area contributed by atoms with Crippen molar-refractivity contribution in [2.45, 2.75) is 32.7 Å². The number of hydrogen-bond donors (Lipinski definition) is 1. The van der Waals surface area contributed by atoms with E-state index in [-0.39, 0.29) is 5.54 Å². The lowest BCUT2D eigenvalue weighted by molar-refractivity contribution is 0.340. The first-order valence-electron chi connectivity index (χ1n) is 6.55. The molecule has 0 aliphatic heterocycles. The van der Waals surface area contributed by atoms with E-state index >= 15 is 0 Å². The first-order valence-corrected chi connectivity index (χ1v) is 7.43. The molecular formula is C15H20N2OS. The van der Waals surface area contributed by atoms with Gasteiger partial charge in [-0.2, -0.15) is 0 Å². The van der Waals surface area contributed by atoms with Crippen molar-refractivity contribution in [3.8, 4) is 17.0 Å². The van der Waals surface area contributed by atoms with E-state index in [4.69, 9.17) is 10.5 Å². The van der Waals surface area contributed by atoms with E-state index in [1.807, 2.05) is 38.1 Å². The number of ether oxygens (including phenoxy) is 1. The average Bonchev–Trinajstić information content (AvgIpc) is 2.90. The zero-order valence-corrected chi connectivity index (χ0v) is 12.5. The third-order valence-corrected chi connectivity index (χ3v) is 4.31. The molecule has 4 heteroatoms. The molecule has 0 fully saturated rings. The van der Waals surface area contributed by atoms with Crippen molar-refractivity contribution in [3.63, 3.8) is 0 Å². The van der Waals surface area contributed by atoms with Crippen LogP contribution >= 0.6 is 11.3 Å². The van der Waals surface area contributed by atoms with Crippen LogP contribution in [0, 0.1) is 0 Å². The van der Waals surface area contributed by atoms with E-state index in [2.05, 4.69) is 17.3 Å². The lowest BCUT2D eigenvalue weighted by Gasteiger charge is -2.18. The molecule has 1 heterocycles. The highest BCUT2D eigenvalue weighted by Crippen LogP contribution is 2.29. The molecule has 19 heavy (non-hydrogen) atoms. The molecule has 0 aliphatic carbocycles. The molecule has 1 aromatic heterocycles. The summed E-state index contributed by atoms with van der Waals surface area (Å²) in [5.41, 5.74) is 7.96. The molecule has 0 saturated carbocycles. The molecule has 0 radical (unpaired) electrons. The van der Waals surface area contributed by atoms with Gasteiger partial charge in [0, 0.05) is 10.9 Å². The van der Waals surface area contributed by atoms with E-state index in [0.29, 0.717) is 6.61 Å². The van der Waals surface area contributed by atoms with Gasteiger partial charge in [0.05, 0.1) is 17.8 Å². The minimum atomic E-state index is -0.339. The summed E-state index contributed by atoms with van der Waals surface area (Å²) in [6.07, 6.45) is 0.878. The van der Waals surface area contributed by atoms with Crippen molar-refractivity contribution in [2.75, 3.05) is 6.61 Å². The second kappa shape index (κ2) is 5.72. The van der Waals surface area contributed by atoms with Crippen molar-refractivity contribution >= 4 is 11.3 Å². The van der Waals surface area contributed by atoms with Gasteiger partial charge < -0.3 is 10.5 Å². The normalized spacial score (nSPS) is 14.1. The van der Waals surface area contributed by atoms with Gasteiger partial charge in [0.1, 0.15) is 10.8 Å². The Morgan fingerprint density at radius 2 is 1.95 bits per heavy atom. The van der Waals surface area contributed by atoms with Crippen LogP contribution in [-0.4, -0.2) is 11.6 Å². The SMILES string of the molecule is CCOc1ccc(-c2csc(C(C)(N)CC)n2)cc1. The smallest absolute Gasteiger partial charge is 0.119 e. The summed E-state index contributed by atoms with van der Waals surface area (Å²) in [6.45, 7) is 6.77. The lowest BCUT2D eigenvalue weighted by Crippen LogP contribution is -2.31. The van der Waals surface area contributed by atoms with Gasteiger partial charge >= 0.3 is 0 Å². The Labute approximate surface area is 118 Å². The van der Waals surface area contributed by atoms with Gasteiger partial charge in [0.15, 0.2) is 0 Å². The van der Waals surface area contributed by atoms with E-state index in [9.17, 15) is 0 Å². The van der Waals surface area contributed by atoms with Gasteiger partial charge in [-0.25, -0.2) is 4.98 Å². The standard InChI is InChI=1S/C15H20N2OS/c1-4-15(3,16)14-17-13(10-19-14)11-6-8-12(9-7-11)18-5-2/h6-10H,4-5,16H2,1-3H3. The minimum Gasteiger partial charge on any atom is -0.494 e. The summed E-state index contributed by atoms with van der Waals surface area (Å²) < 4.78 is 5.44. The summed E-state index contributed by atoms with van der Waals surface area (Å²) >= 11 is 1.62. The third-order valence-electron chi connectivity index (χ3n) is 3.19. The molecule has 102 valence electrons. The molecule has 0 bridgehead atoms. The number of nitrogens with zero attached hydrogens (tertiary/aromatic N) is 1. The zero-order chi connectivity index (χ0) is 13.9. The van der Waals surface area contributed by atoms with Gasteiger partial charge in [-0.3, -0.25) is 0 Å². The molecule has 2 aromatic rings. The second-order valence-corrected chi connectivity index (χ2v) is 5.62. The maximum Gasteiger partial charge on any atom is 0.119 e. The van der Waals surface area contributed by atoms with Gasteiger partial charge in [-0.1, -0.05) is 6.92 Å². The molecule has 3 nitrogen and oxygen atoms in total. The number of benzene rings is 1. The largest absolute Gasteiger partial charge is 0.494 e. The van der Waals surface area contributed by atoms with Crippen molar-refractivity contribution in [3.05, 3.63) is 34.7 Å². The van der Waals surface area contributed by atoms with Crippen LogP contribution < -0.4 is 10.5 Å². The van der Waals surface area contributed by atoms with Crippen molar-refractivity contribution in [2.24, 2.45) is 5.73 Å². The molecule has 0 amide bonds. The van der Waals surface area contributed by atoms with Crippen LogP contribution in [0.5, 0.6) is 5.75 Å². The second-order valence-electron chi connectivity index (χ2n) is 4.77. The first kappa shape index (κ1) is 14.0. The highest BCUT2D eigenvalue weighted by molar-refractivity contribution is 7.10. The van der Waals surface area contributed by atoms with Gasteiger partial charge in [0.25, 0.3) is 0 Å². The number of hydrogen-bond acceptors (Lipinski definition) is 4. The van der Waals surface area contributed by atoms with Crippen LogP contribution in [0.3, 0.4) is 0 Å². The quantitative estimate of drug-likeness (QED) is 0.903. The lowest BCUT2D eigenvalue weighted by atomic mass is 10.0. The summed E-state index contributed by atoms with van der Waals surface area (Å²) in [7, 11) is 0. The fraction of sp³-hybridized carbons (Fsp3) is 0.400. The Balaban J connectivity index is 2.23. The molecule has 1 atom stereocenters. The third kappa shape index (κ3) is 3.14. The van der Waals surface area contributed by atoms with E-state index in [1.165, 1.54) is 0 Å². The van der Waals surface area contributed by atoms with Crippen molar-refractivity contribution < 1.29 is 4.74 Å². The van der Waals surface area contributed by atoms with Gasteiger partial charge in [-0.05, 0) is 44.5 Å². The van der Waals surface area contributed by atoms with Crippen LogP contribution in [-0.2, 0) is 5.54 Å². The summed E-state index contributed by atoms with van der Waals surface area (Å²) in [5.74, 6) is 0.888. The van der Waals surface area contributed by atoms with Crippen LogP contribution in [0.4, 0.5) is 0 Å². The maximum absolute atomic E-state index is 6.22. The van der Waals surface area contributed by atoms with Crippen molar-refractivity contribution in [1.29, 1.82) is 0 Å². The Hall–Kier alpha value is -1.39. The molecule has 1 aromatic carbocycles. The molecule has 2 N–H and O–H groups in total. The number of nitrogens with two attached hydrogens (primary N) is 1. The number of aromatic nitrogens is 1. The topological polar surface area (TPSA) is 48.1 Å². The molecule has 0 saturated heterocycles. The van der Waals surface area contributed by atoms with E-state index in [0.717, 1.165) is 28.4 Å². The zero-order valence-electron chi connectivity index (χ0n) is 11.6. The summed E-state index contributed by atoms with van der Waals surface area (Å²) in [6, 6.07) is 8.01. The highest BCUT2D eigenvalue weighted by atomic mass is 32.1. The maximum atomic E-state index is 6.22. The van der Waals surface area contributed by atoms with Crippen LogP contribution in [0.15, 0.2) is 29.6 Å². The first-order chi connectivity index (χ1) is 9.06. The van der Waals surface area contributed by atoms with Gasteiger partial charge in [-0.15, -0.1) is 11.3 Å². The monoisotopic (exact) mass is 276 g/mol. The predicted octanol–water partition coefficient (Wildman–Crippen LogP) is 3.79. The number of rotatable bonds is 5. The van der Waals surface area contributed by atoms with E-state index < -0.39 is 0 Å². The van der Waals surface area contributed by atoms with Gasteiger partial charge in [0.2, 0.25) is 0 Å². The van der Waals surface area contributed by atoms with Crippen molar-refractivity contribution in [1.82, 2.24) is 4.98 Å².